The van der Waals surface area contributed by atoms with Crippen molar-refractivity contribution in [3.8, 4) is 0 Å². The van der Waals surface area contributed by atoms with Gasteiger partial charge in [0.15, 0.2) is 0 Å². The van der Waals surface area contributed by atoms with Crippen LogP contribution in [0.2, 0.25) is 0 Å². The first kappa shape index (κ1) is 19.9. The summed E-state index contributed by atoms with van der Waals surface area (Å²) in [5.41, 5.74) is 2.96. The highest BCUT2D eigenvalue weighted by atomic mass is 32.2. The van der Waals surface area contributed by atoms with Gasteiger partial charge in [-0.1, -0.05) is 78.2 Å². The van der Waals surface area contributed by atoms with Gasteiger partial charge in [-0.25, -0.2) is 0 Å². The van der Waals surface area contributed by atoms with Crippen LogP contribution in [-0.2, 0) is 0 Å². The predicted molar refractivity (Wildman–Crippen MR) is 105 cm³/mol. The van der Waals surface area contributed by atoms with Crippen molar-refractivity contribution in [1.82, 2.24) is 0 Å². The summed E-state index contributed by atoms with van der Waals surface area (Å²) in [4.78, 5) is 0. The average molecular weight is 323 g/mol. The topological polar surface area (TPSA) is 0 Å². The molecule has 0 nitrogen and oxygen atoms in total. The molecule has 0 amide bonds. The summed E-state index contributed by atoms with van der Waals surface area (Å²) in [5.74, 6) is 2.30. The molecule has 0 aromatic heterocycles. The maximum absolute atomic E-state index is 4.41. The van der Waals surface area contributed by atoms with Crippen molar-refractivity contribution in [2.75, 3.05) is 0 Å². The standard InChI is InChI=1S/C21H38S/c1-8-19-20(18(7)14-21(19)22-16(4)5)13-11-9-10-12-17(6)15(2)3/h15-16,19-21H,6-14H2,1-5H3. The first-order valence-electron chi connectivity index (χ1n) is 9.37. The maximum atomic E-state index is 4.41. The molecule has 0 N–H and O–H groups in total. The molecule has 1 saturated carbocycles. The zero-order chi connectivity index (χ0) is 16.7. The van der Waals surface area contributed by atoms with Crippen molar-refractivity contribution in [2.24, 2.45) is 17.8 Å². The van der Waals surface area contributed by atoms with Gasteiger partial charge in [0.05, 0.1) is 0 Å². The zero-order valence-electron chi connectivity index (χ0n) is 15.7. The Morgan fingerprint density at radius 3 is 2.41 bits per heavy atom. The van der Waals surface area contributed by atoms with Crippen LogP contribution >= 0.6 is 11.8 Å². The van der Waals surface area contributed by atoms with Crippen LogP contribution in [0.15, 0.2) is 24.3 Å². The molecule has 0 spiro atoms. The van der Waals surface area contributed by atoms with Crippen molar-refractivity contribution >= 4 is 11.8 Å². The minimum Gasteiger partial charge on any atom is -0.155 e. The van der Waals surface area contributed by atoms with E-state index in [9.17, 15) is 0 Å². The van der Waals surface area contributed by atoms with Crippen LogP contribution in [0.3, 0.4) is 0 Å². The van der Waals surface area contributed by atoms with Crippen molar-refractivity contribution in [3.63, 3.8) is 0 Å². The van der Waals surface area contributed by atoms with Crippen molar-refractivity contribution < 1.29 is 0 Å². The third kappa shape index (κ3) is 6.14. The van der Waals surface area contributed by atoms with Gasteiger partial charge in [0.1, 0.15) is 0 Å². The highest BCUT2D eigenvalue weighted by Gasteiger charge is 2.37. The van der Waals surface area contributed by atoms with Crippen LogP contribution in [0.25, 0.3) is 0 Å². The Morgan fingerprint density at radius 2 is 1.86 bits per heavy atom. The van der Waals surface area contributed by atoms with Crippen LogP contribution in [-0.4, -0.2) is 10.5 Å². The van der Waals surface area contributed by atoms with Crippen LogP contribution in [0, 0.1) is 17.8 Å². The molecule has 1 fully saturated rings. The fourth-order valence-electron chi connectivity index (χ4n) is 3.77. The smallest absolute Gasteiger partial charge is 0.0121 e. The molecule has 0 saturated heterocycles. The molecule has 128 valence electrons. The quantitative estimate of drug-likeness (QED) is 0.301. The Kier molecular flexibility index (Phi) is 8.90. The Labute approximate surface area is 144 Å². The number of unbranched alkanes of at least 4 members (excludes halogenated alkanes) is 2. The Morgan fingerprint density at radius 1 is 1.18 bits per heavy atom. The van der Waals surface area contributed by atoms with Crippen LogP contribution in [0.5, 0.6) is 0 Å². The van der Waals surface area contributed by atoms with E-state index in [1.807, 2.05) is 0 Å². The van der Waals surface area contributed by atoms with Crippen LogP contribution < -0.4 is 0 Å². The Balaban J connectivity index is 2.35. The predicted octanol–water partition coefficient (Wildman–Crippen LogP) is 7.26. The minimum absolute atomic E-state index is 0.646. The number of thioether (sulfide) groups is 1. The van der Waals surface area contributed by atoms with Gasteiger partial charge in [0.25, 0.3) is 0 Å². The minimum atomic E-state index is 0.646. The second kappa shape index (κ2) is 9.85. The van der Waals surface area contributed by atoms with Crippen molar-refractivity contribution in [1.29, 1.82) is 0 Å². The second-order valence-corrected chi connectivity index (χ2v) is 9.50. The fraction of sp³-hybridized carbons (Fsp3) is 0.810. The van der Waals surface area contributed by atoms with E-state index in [4.69, 9.17) is 0 Å². The number of allylic oxidation sites excluding steroid dienone is 2. The number of hydrogen-bond donors (Lipinski definition) is 0. The Bertz CT molecular complexity index is 353. The molecule has 0 aromatic rings. The fourth-order valence-corrected chi connectivity index (χ4v) is 5.36. The normalized spacial score (nSPS) is 25.4. The lowest BCUT2D eigenvalue weighted by atomic mass is 9.86. The lowest BCUT2D eigenvalue weighted by Crippen LogP contribution is -2.18. The SMILES string of the molecule is C=C(CCCCCC1C(=C)CC(SC(C)C)C1CC)C(C)C. The molecule has 0 aromatic carbocycles. The van der Waals surface area contributed by atoms with E-state index in [1.165, 1.54) is 56.1 Å². The monoisotopic (exact) mass is 322 g/mol. The lowest BCUT2D eigenvalue weighted by Gasteiger charge is -2.24. The van der Waals surface area contributed by atoms with Crippen LogP contribution in [0.1, 0.15) is 79.6 Å². The molecule has 1 rings (SSSR count). The summed E-state index contributed by atoms with van der Waals surface area (Å²) in [6, 6.07) is 0. The van der Waals surface area contributed by atoms with Gasteiger partial charge in [0.2, 0.25) is 0 Å². The summed E-state index contributed by atoms with van der Waals surface area (Å²) in [7, 11) is 0. The second-order valence-electron chi connectivity index (χ2n) is 7.68. The first-order chi connectivity index (χ1) is 10.4. The summed E-state index contributed by atoms with van der Waals surface area (Å²) in [6.07, 6.45) is 9.19. The molecule has 0 heterocycles. The third-order valence-corrected chi connectivity index (χ3v) is 6.64. The highest BCUT2D eigenvalue weighted by Crippen LogP contribution is 2.47. The van der Waals surface area contributed by atoms with Gasteiger partial charge in [-0.2, -0.15) is 11.8 Å². The molecular weight excluding hydrogens is 284 g/mol. The summed E-state index contributed by atoms with van der Waals surface area (Å²) >= 11 is 2.18. The van der Waals surface area contributed by atoms with Gasteiger partial charge in [0, 0.05) is 5.25 Å². The molecule has 1 aliphatic carbocycles. The van der Waals surface area contributed by atoms with E-state index >= 15 is 0 Å². The molecule has 0 radical (unpaired) electrons. The average Bonchev–Trinajstić information content (AvgIpc) is 2.72. The molecule has 1 aliphatic rings. The van der Waals surface area contributed by atoms with Gasteiger partial charge in [-0.05, 0) is 48.7 Å². The molecule has 0 bridgehead atoms. The van der Waals surface area contributed by atoms with Crippen LogP contribution in [0.4, 0.5) is 0 Å². The molecular formula is C21H38S. The number of rotatable bonds is 10. The van der Waals surface area contributed by atoms with E-state index in [1.54, 1.807) is 0 Å². The van der Waals surface area contributed by atoms with Gasteiger partial charge in [-0.3, -0.25) is 0 Å². The summed E-state index contributed by atoms with van der Waals surface area (Å²) in [6.45, 7) is 20.1. The molecule has 3 atom stereocenters. The molecule has 22 heavy (non-hydrogen) atoms. The Hall–Kier alpha value is -0.170. The van der Waals surface area contributed by atoms with E-state index in [-0.39, 0.29) is 0 Å². The molecule has 0 aliphatic heterocycles. The van der Waals surface area contributed by atoms with E-state index < -0.39 is 0 Å². The summed E-state index contributed by atoms with van der Waals surface area (Å²) < 4.78 is 0. The third-order valence-electron chi connectivity index (χ3n) is 5.23. The lowest BCUT2D eigenvalue weighted by molar-refractivity contribution is 0.380. The van der Waals surface area contributed by atoms with Crippen molar-refractivity contribution in [3.05, 3.63) is 24.3 Å². The zero-order valence-corrected chi connectivity index (χ0v) is 16.5. The van der Waals surface area contributed by atoms with Gasteiger partial charge < -0.3 is 0 Å². The molecule has 3 unspecified atom stereocenters. The van der Waals surface area contributed by atoms with E-state index in [2.05, 4.69) is 59.5 Å². The van der Waals surface area contributed by atoms with Crippen molar-refractivity contribution in [2.45, 2.75) is 90.1 Å². The first-order valence-corrected chi connectivity index (χ1v) is 10.3. The largest absolute Gasteiger partial charge is 0.155 e. The van der Waals surface area contributed by atoms with Gasteiger partial charge >= 0.3 is 0 Å². The molecule has 1 heteroatoms. The highest BCUT2D eigenvalue weighted by molar-refractivity contribution is 8.00. The summed E-state index contributed by atoms with van der Waals surface area (Å²) in [5, 5.41) is 1.57. The van der Waals surface area contributed by atoms with E-state index in [0.717, 1.165) is 22.3 Å². The number of hydrogen-bond acceptors (Lipinski definition) is 1. The van der Waals surface area contributed by atoms with E-state index in [0.29, 0.717) is 5.92 Å². The maximum Gasteiger partial charge on any atom is 0.0121 e. The van der Waals surface area contributed by atoms with Gasteiger partial charge in [-0.15, -0.1) is 0 Å².